The van der Waals surface area contributed by atoms with Crippen LogP contribution in [-0.4, -0.2) is 23.1 Å². The van der Waals surface area contributed by atoms with Crippen molar-refractivity contribution in [3.63, 3.8) is 0 Å². The van der Waals surface area contributed by atoms with Gasteiger partial charge in [0, 0.05) is 0 Å². The van der Waals surface area contributed by atoms with Gasteiger partial charge in [-0.2, -0.15) is 0 Å². The van der Waals surface area contributed by atoms with Crippen LogP contribution in [0.5, 0.6) is 0 Å². The fourth-order valence-corrected chi connectivity index (χ4v) is 0.647. The molecule has 1 N–H and O–H groups in total. The maximum Gasteiger partial charge on any atom is 0.340 e. The fraction of sp³-hybridized carbons (Fsp3) is 0.400. The zero-order valence-electron chi connectivity index (χ0n) is 8.67. The molecule has 0 aromatic carbocycles. The third-order valence-electron chi connectivity index (χ3n) is 1.29. The van der Waals surface area contributed by atoms with E-state index in [0.29, 0.717) is 0 Å². The van der Waals surface area contributed by atoms with E-state index in [9.17, 15) is 14.7 Å². The molecule has 0 heterocycles. The van der Waals surface area contributed by atoms with Gasteiger partial charge in [-0.3, -0.25) is 4.79 Å². The number of carbonyl (C=O) groups is 2. The van der Waals surface area contributed by atoms with Gasteiger partial charge >= 0.3 is 11.9 Å². The molecular formula is C10H14O5. The van der Waals surface area contributed by atoms with E-state index in [-0.39, 0.29) is 0 Å². The average molecular weight is 214 g/mol. The minimum absolute atomic E-state index is 0.430. The molecule has 0 amide bonds. The Bertz CT molecular complexity index is 267. The lowest BCUT2D eigenvalue weighted by atomic mass is 10.2. The van der Waals surface area contributed by atoms with E-state index in [1.54, 1.807) is 13.8 Å². The maximum atomic E-state index is 11.0. The Morgan fingerprint density at radius 2 is 1.73 bits per heavy atom. The molecular weight excluding hydrogens is 200 g/mol. The highest BCUT2D eigenvalue weighted by Crippen LogP contribution is 1.98. The molecule has 0 aliphatic carbocycles. The summed E-state index contributed by atoms with van der Waals surface area (Å²) >= 11 is 0. The Labute approximate surface area is 88.0 Å². The Hall–Kier alpha value is -1.62. The molecule has 0 aromatic rings. The van der Waals surface area contributed by atoms with Gasteiger partial charge in [0.15, 0.2) is 6.10 Å². The molecule has 1 unspecified atom stereocenters. The van der Waals surface area contributed by atoms with Crippen LogP contribution in [0.15, 0.2) is 24.7 Å². The van der Waals surface area contributed by atoms with Crippen molar-refractivity contribution in [1.82, 2.24) is 0 Å². The normalized spacial score (nSPS) is 13.0. The molecule has 0 bridgehead atoms. The van der Waals surface area contributed by atoms with Crippen LogP contribution in [0, 0.1) is 0 Å². The first-order chi connectivity index (χ1) is 7.11. The number of hydrogen-bond acceptors (Lipinski definition) is 5. The molecule has 1 atom stereocenters. The Morgan fingerprint density at radius 1 is 1.20 bits per heavy atom. The summed E-state index contributed by atoms with van der Waals surface area (Å²) in [7, 11) is 0. The lowest BCUT2D eigenvalue weighted by molar-refractivity contribution is -0.153. The number of allylic oxidation sites excluding steroid dienone is 2. The zero-order chi connectivity index (χ0) is 11.7. The van der Waals surface area contributed by atoms with Crippen LogP contribution < -0.4 is 0 Å². The second kappa shape index (κ2) is 7.75. The van der Waals surface area contributed by atoms with Crippen molar-refractivity contribution in [2.75, 3.05) is 0 Å². The number of carbonyl (C=O) groups excluding carboxylic acids is 2. The van der Waals surface area contributed by atoms with Gasteiger partial charge in [-0.25, -0.2) is 4.79 Å². The van der Waals surface area contributed by atoms with Crippen LogP contribution in [0.2, 0.25) is 0 Å². The van der Waals surface area contributed by atoms with Crippen molar-refractivity contribution in [2.24, 2.45) is 0 Å². The summed E-state index contributed by atoms with van der Waals surface area (Å²) in [6, 6.07) is 0. The van der Waals surface area contributed by atoms with E-state index in [0.717, 1.165) is 6.26 Å². The molecule has 0 saturated heterocycles. The number of rotatable bonds is 5. The van der Waals surface area contributed by atoms with Crippen molar-refractivity contribution in [2.45, 2.75) is 26.4 Å². The lowest BCUT2D eigenvalue weighted by Gasteiger charge is -2.06. The van der Waals surface area contributed by atoms with E-state index >= 15 is 0 Å². The summed E-state index contributed by atoms with van der Waals surface area (Å²) in [6.45, 7) is 3.32. The van der Waals surface area contributed by atoms with Gasteiger partial charge in [-0.05, 0) is 13.8 Å². The maximum absolute atomic E-state index is 11.0. The van der Waals surface area contributed by atoms with E-state index in [2.05, 4.69) is 9.47 Å². The van der Waals surface area contributed by atoms with Crippen molar-refractivity contribution in [3.05, 3.63) is 24.7 Å². The van der Waals surface area contributed by atoms with Gasteiger partial charge in [-0.15, -0.1) is 0 Å². The molecule has 5 heteroatoms. The standard InChI is InChI=1S/C10H14O5/c1-3-5-14-9(12)7-8(11)10(13)15-6-4-2/h3-6,8,11H,7H2,1-2H3. The topological polar surface area (TPSA) is 72.8 Å². The molecule has 0 aliphatic rings. The van der Waals surface area contributed by atoms with Crippen molar-refractivity contribution in [3.8, 4) is 0 Å². The SMILES string of the molecule is CC=COC(=O)CC(O)C(=O)OC=CC. The molecule has 0 radical (unpaired) electrons. The average Bonchev–Trinajstić information content (AvgIpc) is 2.22. The van der Waals surface area contributed by atoms with E-state index in [4.69, 9.17) is 0 Å². The smallest absolute Gasteiger partial charge is 0.340 e. The number of aliphatic hydroxyl groups is 1. The number of esters is 2. The molecule has 0 spiro atoms. The molecule has 0 saturated carbocycles. The largest absolute Gasteiger partial charge is 0.435 e. The van der Waals surface area contributed by atoms with E-state index < -0.39 is 24.5 Å². The Balaban J connectivity index is 3.95. The molecule has 84 valence electrons. The van der Waals surface area contributed by atoms with Crippen LogP contribution >= 0.6 is 0 Å². The minimum Gasteiger partial charge on any atom is -0.435 e. The van der Waals surface area contributed by atoms with Crippen LogP contribution in [0.4, 0.5) is 0 Å². The molecule has 15 heavy (non-hydrogen) atoms. The fourth-order valence-electron chi connectivity index (χ4n) is 0.647. The first-order valence-corrected chi connectivity index (χ1v) is 4.42. The quantitative estimate of drug-likeness (QED) is 0.543. The molecule has 0 fully saturated rings. The summed E-state index contributed by atoms with van der Waals surface area (Å²) in [4.78, 5) is 21.9. The summed E-state index contributed by atoms with van der Waals surface area (Å²) < 4.78 is 8.97. The van der Waals surface area contributed by atoms with Crippen LogP contribution in [0.25, 0.3) is 0 Å². The first kappa shape index (κ1) is 13.4. The number of aliphatic hydroxyl groups excluding tert-OH is 1. The van der Waals surface area contributed by atoms with Crippen LogP contribution in [0.1, 0.15) is 20.3 Å². The summed E-state index contributed by atoms with van der Waals surface area (Å²) in [5, 5.41) is 9.18. The first-order valence-electron chi connectivity index (χ1n) is 4.42. The van der Waals surface area contributed by atoms with Gasteiger partial charge in [0.25, 0.3) is 0 Å². The van der Waals surface area contributed by atoms with Gasteiger partial charge < -0.3 is 14.6 Å². The summed E-state index contributed by atoms with van der Waals surface area (Å²) in [6.07, 6.45) is 3.38. The third kappa shape index (κ3) is 6.45. The van der Waals surface area contributed by atoms with E-state index in [1.807, 2.05) is 0 Å². The van der Waals surface area contributed by atoms with Gasteiger partial charge in [0.2, 0.25) is 0 Å². The van der Waals surface area contributed by atoms with Crippen molar-refractivity contribution >= 4 is 11.9 Å². The highest BCUT2D eigenvalue weighted by molar-refractivity contribution is 5.82. The van der Waals surface area contributed by atoms with Gasteiger partial charge in [0.05, 0.1) is 18.9 Å². The second-order valence-corrected chi connectivity index (χ2v) is 2.59. The van der Waals surface area contributed by atoms with Gasteiger partial charge in [0.1, 0.15) is 0 Å². The summed E-state index contributed by atoms with van der Waals surface area (Å²) in [5.41, 5.74) is 0. The molecule has 0 rings (SSSR count). The molecule has 5 nitrogen and oxygen atoms in total. The predicted octanol–water partition coefficient (Wildman–Crippen LogP) is 0.891. The highest BCUT2D eigenvalue weighted by atomic mass is 16.5. The minimum atomic E-state index is -1.50. The van der Waals surface area contributed by atoms with Crippen molar-refractivity contribution in [1.29, 1.82) is 0 Å². The second-order valence-electron chi connectivity index (χ2n) is 2.59. The molecule has 0 aliphatic heterocycles. The zero-order valence-corrected chi connectivity index (χ0v) is 8.67. The highest BCUT2D eigenvalue weighted by Gasteiger charge is 2.20. The van der Waals surface area contributed by atoms with Crippen LogP contribution in [0.3, 0.4) is 0 Å². The lowest BCUT2D eigenvalue weighted by Crippen LogP contribution is -2.25. The predicted molar refractivity (Wildman–Crippen MR) is 52.4 cm³/mol. The van der Waals surface area contributed by atoms with Crippen LogP contribution in [-0.2, 0) is 19.1 Å². The number of hydrogen-bond donors (Lipinski definition) is 1. The van der Waals surface area contributed by atoms with Gasteiger partial charge in [-0.1, -0.05) is 12.2 Å². The summed E-state index contributed by atoms with van der Waals surface area (Å²) in [5.74, 6) is -1.58. The third-order valence-corrected chi connectivity index (χ3v) is 1.29. The number of ether oxygens (including phenoxy) is 2. The monoisotopic (exact) mass is 214 g/mol. The van der Waals surface area contributed by atoms with Crippen molar-refractivity contribution < 1.29 is 24.2 Å². The molecule has 0 aromatic heterocycles. The Morgan fingerprint density at radius 3 is 2.27 bits per heavy atom. The Kier molecular flexibility index (Phi) is 6.92. The van der Waals surface area contributed by atoms with E-state index in [1.165, 1.54) is 18.4 Å².